The number of methoxy groups -OCH3 is 1. The molecule has 0 aliphatic heterocycles. The number of nitrogens with zero attached hydrogens (tertiary/aromatic N) is 2. The first-order chi connectivity index (χ1) is 15.1. The van der Waals surface area contributed by atoms with Gasteiger partial charge in [-0.15, -0.1) is 0 Å². The van der Waals surface area contributed by atoms with E-state index in [9.17, 15) is 0 Å². The Balaban J connectivity index is 2.19. The van der Waals surface area contributed by atoms with Crippen LogP contribution in [-0.2, 0) is 0 Å². The monoisotopic (exact) mass is 428 g/mol. The van der Waals surface area contributed by atoms with Gasteiger partial charge in [0.1, 0.15) is 18.1 Å². The van der Waals surface area contributed by atoms with Crippen LogP contribution in [-0.4, -0.2) is 32.4 Å². The molecule has 0 heterocycles. The van der Waals surface area contributed by atoms with Gasteiger partial charge in [-0.3, -0.25) is 0 Å². The summed E-state index contributed by atoms with van der Waals surface area (Å²) in [6.45, 7) is 10.2. The molecule has 0 aliphatic rings. The number of hydrogen-bond donors (Lipinski definition) is 1. The van der Waals surface area contributed by atoms with E-state index in [4.69, 9.17) is 19.7 Å². The highest BCUT2D eigenvalue weighted by molar-refractivity contribution is 5.62. The Kier molecular flexibility index (Phi) is 10.1. The summed E-state index contributed by atoms with van der Waals surface area (Å²) in [7, 11) is 1.66. The Morgan fingerprint density at radius 2 is 1.68 bits per heavy atom. The minimum atomic E-state index is 0.149. The molecular weight excluding hydrogens is 390 g/mol. The molecule has 170 valence electrons. The number of nitrogens with two attached hydrogens (primary N) is 1. The number of benzene rings is 2. The van der Waals surface area contributed by atoms with Crippen LogP contribution in [0.4, 0.5) is 11.4 Å². The van der Waals surface area contributed by atoms with Crippen molar-refractivity contribution in [2.75, 3.05) is 25.2 Å². The number of hydrogen-bond acceptors (Lipinski definition) is 5. The standard InChI is InChI=1S/C25H37N3O3/c1-6-9-16-28(19(4)18-30-23-13-11-22(29-5)12-14-23)20-10-15-24(27-26)25(17-20)31-21(7-2)8-3/h10-15,17,19,21,26H,6-9,16,18H2,1-5H3/p+1. The lowest BCUT2D eigenvalue weighted by atomic mass is 10.1. The van der Waals surface area contributed by atoms with Gasteiger partial charge in [0, 0.05) is 18.3 Å². The average Bonchev–Trinajstić information content (AvgIpc) is 2.81. The molecule has 2 aromatic rings. The normalized spacial score (nSPS) is 11.8. The van der Waals surface area contributed by atoms with Crippen LogP contribution >= 0.6 is 0 Å². The lowest BCUT2D eigenvalue weighted by Gasteiger charge is -2.32. The predicted molar refractivity (Wildman–Crippen MR) is 126 cm³/mol. The average molecular weight is 429 g/mol. The Bertz CT molecular complexity index is 791. The molecule has 0 aromatic heterocycles. The Hall–Kier alpha value is -2.76. The quantitative estimate of drug-likeness (QED) is 0.421. The smallest absolute Gasteiger partial charge is 0.171 e. The van der Waals surface area contributed by atoms with E-state index in [2.05, 4.69) is 49.8 Å². The maximum atomic E-state index is 6.22. The van der Waals surface area contributed by atoms with Crippen molar-refractivity contribution in [3.05, 3.63) is 42.5 Å². The van der Waals surface area contributed by atoms with Crippen molar-refractivity contribution in [3.63, 3.8) is 0 Å². The van der Waals surface area contributed by atoms with Gasteiger partial charge >= 0.3 is 0 Å². The minimum Gasteiger partial charge on any atom is -0.497 e. The summed E-state index contributed by atoms with van der Waals surface area (Å²) < 4.78 is 17.5. The second-order valence-corrected chi connectivity index (χ2v) is 7.72. The van der Waals surface area contributed by atoms with Gasteiger partial charge in [-0.1, -0.05) is 27.2 Å². The van der Waals surface area contributed by atoms with E-state index < -0.39 is 0 Å². The maximum Gasteiger partial charge on any atom is 0.171 e. The third kappa shape index (κ3) is 7.16. The van der Waals surface area contributed by atoms with Gasteiger partial charge in [-0.05, 0) is 67.7 Å². The molecule has 0 radical (unpaired) electrons. The summed E-state index contributed by atoms with van der Waals surface area (Å²) in [5, 5.41) is 3.91. The van der Waals surface area contributed by atoms with Crippen molar-refractivity contribution in [2.45, 2.75) is 65.5 Å². The largest absolute Gasteiger partial charge is 0.497 e. The van der Waals surface area contributed by atoms with Crippen molar-refractivity contribution in [2.24, 2.45) is 5.11 Å². The van der Waals surface area contributed by atoms with Crippen LogP contribution in [0.1, 0.15) is 53.4 Å². The van der Waals surface area contributed by atoms with Gasteiger partial charge in [0.25, 0.3) is 0 Å². The molecule has 2 rings (SSSR count). The highest BCUT2D eigenvalue weighted by Crippen LogP contribution is 2.34. The van der Waals surface area contributed by atoms with Gasteiger partial charge in [-0.2, -0.15) is 5.53 Å². The molecule has 2 aromatic carbocycles. The lowest BCUT2D eigenvalue weighted by Crippen LogP contribution is -2.38. The molecule has 0 amide bonds. The second-order valence-electron chi connectivity index (χ2n) is 7.72. The number of rotatable bonds is 14. The van der Waals surface area contributed by atoms with Gasteiger partial charge in [-0.25, -0.2) is 0 Å². The topological polar surface area (TPSA) is 68.9 Å². The fourth-order valence-corrected chi connectivity index (χ4v) is 3.43. The minimum absolute atomic E-state index is 0.149. The van der Waals surface area contributed by atoms with Crippen LogP contribution in [0.25, 0.3) is 0 Å². The first kappa shape index (κ1) is 24.5. The molecule has 6 heteroatoms. The molecule has 0 saturated carbocycles. The van der Waals surface area contributed by atoms with Crippen molar-refractivity contribution in [1.82, 2.24) is 0 Å². The van der Waals surface area contributed by atoms with E-state index in [1.54, 1.807) is 7.11 Å². The second kappa shape index (κ2) is 12.8. The number of ether oxygens (including phenoxy) is 3. The SMILES string of the molecule is CCCCN(c1ccc(N=[NH2+])c(OC(CC)CC)c1)C(C)COc1ccc(OC)cc1. The Labute approximate surface area is 187 Å². The number of anilines is 1. The Morgan fingerprint density at radius 3 is 2.26 bits per heavy atom. The summed E-state index contributed by atoms with van der Waals surface area (Å²) in [5.41, 5.74) is 7.38. The molecule has 1 unspecified atom stereocenters. The van der Waals surface area contributed by atoms with Crippen LogP contribution in [0, 0.1) is 0 Å². The molecule has 0 saturated heterocycles. The van der Waals surface area contributed by atoms with Crippen molar-refractivity contribution < 1.29 is 19.7 Å². The van der Waals surface area contributed by atoms with Crippen molar-refractivity contribution in [3.8, 4) is 17.2 Å². The zero-order chi connectivity index (χ0) is 22.6. The highest BCUT2D eigenvalue weighted by atomic mass is 16.5. The summed E-state index contributed by atoms with van der Waals surface area (Å²) in [6, 6.07) is 13.9. The first-order valence-electron chi connectivity index (χ1n) is 11.3. The Morgan fingerprint density at radius 1 is 1.00 bits per heavy atom. The zero-order valence-corrected chi connectivity index (χ0v) is 19.6. The third-order valence-electron chi connectivity index (χ3n) is 5.45. The van der Waals surface area contributed by atoms with Crippen LogP contribution < -0.4 is 24.6 Å². The van der Waals surface area contributed by atoms with Gasteiger partial charge in [0.2, 0.25) is 0 Å². The summed E-state index contributed by atoms with van der Waals surface area (Å²) >= 11 is 0. The van der Waals surface area contributed by atoms with Crippen LogP contribution in [0.3, 0.4) is 0 Å². The molecule has 0 aliphatic carbocycles. The van der Waals surface area contributed by atoms with Gasteiger partial charge in [0.05, 0.1) is 19.3 Å². The first-order valence-corrected chi connectivity index (χ1v) is 11.3. The van der Waals surface area contributed by atoms with E-state index in [1.165, 1.54) is 0 Å². The third-order valence-corrected chi connectivity index (χ3v) is 5.45. The molecular formula is C25H38N3O3+. The summed E-state index contributed by atoms with van der Waals surface area (Å²) in [5.74, 6) is 2.39. The summed E-state index contributed by atoms with van der Waals surface area (Å²) in [6.07, 6.45) is 4.25. The maximum absolute atomic E-state index is 6.22. The highest BCUT2D eigenvalue weighted by Gasteiger charge is 2.19. The molecule has 0 spiro atoms. The molecule has 6 nitrogen and oxygen atoms in total. The summed E-state index contributed by atoms with van der Waals surface area (Å²) in [4.78, 5) is 2.37. The van der Waals surface area contributed by atoms with Crippen LogP contribution in [0.15, 0.2) is 47.6 Å². The van der Waals surface area contributed by atoms with Crippen LogP contribution in [0.2, 0.25) is 0 Å². The van der Waals surface area contributed by atoms with E-state index in [0.717, 1.165) is 55.2 Å². The lowest BCUT2D eigenvalue weighted by molar-refractivity contribution is -0.210. The molecule has 1 atom stereocenters. The van der Waals surface area contributed by atoms with E-state index in [0.29, 0.717) is 12.3 Å². The van der Waals surface area contributed by atoms with Gasteiger partial charge in [0.15, 0.2) is 11.4 Å². The van der Waals surface area contributed by atoms with E-state index in [1.807, 2.05) is 30.3 Å². The fourth-order valence-electron chi connectivity index (χ4n) is 3.43. The van der Waals surface area contributed by atoms with E-state index >= 15 is 0 Å². The molecule has 2 N–H and O–H groups in total. The zero-order valence-electron chi connectivity index (χ0n) is 19.6. The molecule has 31 heavy (non-hydrogen) atoms. The van der Waals surface area contributed by atoms with Crippen molar-refractivity contribution >= 4 is 11.4 Å². The number of unbranched alkanes of at least 4 members (excludes halogenated alkanes) is 1. The van der Waals surface area contributed by atoms with Crippen LogP contribution in [0.5, 0.6) is 17.2 Å². The van der Waals surface area contributed by atoms with E-state index in [-0.39, 0.29) is 12.1 Å². The molecule has 0 fully saturated rings. The van der Waals surface area contributed by atoms with Gasteiger partial charge < -0.3 is 19.1 Å². The van der Waals surface area contributed by atoms with Crippen molar-refractivity contribution in [1.29, 1.82) is 0 Å². The predicted octanol–water partition coefficient (Wildman–Crippen LogP) is 5.18. The molecule has 0 bridgehead atoms. The fraction of sp³-hybridized carbons (Fsp3) is 0.520.